The second-order valence-electron chi connectivity index (χ2n) is 5.18. The number of nitrogens with one attached hydrogen (secondary N) is 1. The van der Waals surface area contributed by atoms with Crippen molar-refractivity contribution < 1.29 is 9.90 Å². The van der Waals surface area contributed by atoms with Crippen molar-refractivity contribution in [1.82, 2.24) is 0 Å². The summed E-state index contributed by atoms with van der Waals surface area (Å²) in [6.45, 7) is 5.95. The number of carbonyl (C=O) groups is 1. The lowest BCUT2D eigenvalue weighted by Crippen LogP contribution is -2.13. The zero-order valence-corrected chi connectivity index (χ0v) is 12.0. The Hall–Kier alpha value is -2.29. The first-order valence-corrected chi connectivity index (χ1v) is 6.69. The van der Waals surface area contributed by atoms with Gasteiger partial charge in [0.05, 0.1) is 0 Å². The second kappa shape index (κ2) is 5.78. The molecule has 104 valence electrons. The standard InChI is InChI=1S/C17H19NO2/c1-11(2)13-6-4-7-14(10-13)18-17(20)15-8-5-9-16(19)12(15)3/h4-11,19H,1-3H3,(H,18,20). The fourth-order valence-electron chi connectivity index (χ4n) is 2.04. The van der Waals surface area contributed by atoms with Crippen molar-refractivity contribution in [3.63, 3.8) is 0 Å². The van der Waals surface area contributed by atoms with Gasteiger partial charge in [-0.25, -0.2) is 0 Å². The SMILES string of the molecule is Cc1c(O)cccc1C(=O)Nc1cccc(C(C)C)c1. The Labute approximate surface area is 119 Å². The third-order valence-electron chi connectivity index (χ3n) is 3.36. The van der Waals surface area contributed by atoms with Crippen LogP contribution in [0.2, 0.25) is 0 Å². The van der Waals surface area contributed by atoms with Gasteiger partial charge in [-0.15, -0.1) is 0 Å². The number of phenols is 1. The molecule has 3 heteroatoms. The van der Waals surface area contributed by atoms with Gasteiger partial charge < -0.3 is 10.4 Å². The molecule has 0 aliphatic carbocycles. The van der Waals surface area contributed by atoms with E-state index in [0.29, 0.717) is 17.0 Å². The lowest BCUT2D eigenvalue weighted by molar-refractivity contribution is 0.102. The number of benzene rings is 2. The number of hydrogen-bond acceptors (Lipinski definition) is 2. The molecule has 0 fully saturated rings. The van der Waals surface area contributed by atoms with Crippen LogP contribution in [0.5, 0.6) is 5.75 Å². The largest absolute Gasteiger partial charge is 0.508 e. The van der Waals surface area contributed by atoms with Crippen LogP contribution in [0.1, 0.15) is 41.3 Å². The fraction of sp³-hybridized carbons (Fsp3) is 0.235. The van der Waals surface area contributed by atoms with E-state index < -0.39 is 0 Å². The van der Waals surface area contributed by atoms with E-state index in [1.54, 1.807) is 25.1 Å². The van der Waals surface area contributed by atoms with Gasteiger partial charge in [-0.3, -0.25) is 4.79 Å². The van der Waals surface area contributed by atoms with Crippen molar-refractivity contribution in [2.24, 2.45) is 0 Å². The number of carbonyl (C=O) groups excluding carboxylic acids is 1. The molecule has 0 aliphatic rings. The summed E-state index contributed by atoms with van der Waals surface area (Å²) in [6.07, 6.45) is 0. The van der Waals surface area contributed by atoms with Crippen LogP contribution in [0.15, 0.2) is 42.5 Å². The molecule has 2 aromatic carbocycles. The highest BCUT2D eigenvalue weighted by atomic mass is 16.3. The second-order valence-corrected chi connectivity index (χ2v) is 5.18. The van der Waals surface area contributed by atoms with Crippen LogP contribution in [0, 0.1) is 6.92 Å². The zero-order valence-electron chi connectivity index (χ0n) is 12.0. The van der Waals surface area contributed by atoms with Crippen LogP contribution < -0.4 is 5.32 Å². The Balaban J connectivity index is 2.24. The van der Waals surface area contributed by atoms with E-state index in [0.717, 1.165) is 5.69 Å². The molecule has 0 spiro atoms. The van der Waals surface area contributed by atoms with Gasteiger partial charge in [0.25, 0.3) is 5.91 Å². The minimum absolute atomic E-state index is 0.133. The molecule has 0 radical (unpaired) electrons. The van der Waals surface area contributed by atoms with Crippen molar-refractivity contribution in [1.29, 1.82) is 0 Å². The summed E-state index contributed by atoms with van der Waals surface area (Å²) in [5.41, 5.74) is 3.02. The number of phenolic OH excluding ortho intramolecular Hbond substituents is 1. The van der Waals surface area contributed by atoms with Gasteiger partial charge in [0, 0.05) is 16.8 Å². The number of rotatable bonds is 3. The van der Waals surface area contributed by atoms with Gasteiger partial charge in [-0.1, -0.05) is 32.0 Å². The van der Waals surface area contributed by atoms with E-state index in [4.69, 9.17) is 0 Å². The highest BCUT2D eigenvalue weighted by molar-refractivity contribution is 6.05. The number of amides is 1. The molecular formula is C17H19NO2. The first-order valence-electron chi connectivity index (χ1n) is 6.69. The summed E-state index contributed by atoms with van der Waals surface area (Å²) in [4.78, 5) is 12.2. The molecule has 2 rings (SSSR count). The zero-order chi connectivity index (χ0) is 14.7. The van der Waals surface area contributed by atoms with Crippen molar-refractivity contribution in [2.75, 3.05) is 5.32 Å². The first kappa shape index (κ1) is 14.1. The summed E-state index contributed by atoms with van der Waals surface area (Å²) < 4.78 is 0. The van der Waals surface area contributed by atoms with Crippen molar-refractivity contribution in [2.45, 2.75) is 26.7 Å². The molecule has 20 heavy (non-hydrogen) atoms. The van der Waals surface area contributed by atoms with Gasteiger partial charge in [-0.05, 0) is 42.7 Å². The molecule has 0 bridgehead atoms. The van der Waals surface area contributed by atoms with Crippen LogP contribution in [-0.2, 0) is 0 Å². The Bertz CT molecular complexity index is 633. The lowest BCUT2D eigenvalue weighted by Gasteiger charge is -2.11. The predicted molar refractivity (Wildman–Crippen MR) is 81.3 cm³/mol. The third-order valence-corrected chi connectivity index (χ3v) is 3.36. The molecule has 3 nitrogen and oxygen atoms in total. The molecule has 0 aliphatic heterocycles. The Morgan fingerprint density at radius 2 is 1.85 bits per heavy atom. The molecule has 0 heterocycles. The smallest absolute Gasteiger partial charge is 0.256 e. The Kier molecular flexibility index (Phi) is 4.08. The summed E-state index contributed by atoms with van der Waals surface area (Å²) in [5, 5.41) is 12.5. The van der Waals surface area contributed by atoms with Crippen LogP contribution in [-0.4, -0.2) is 11.0 Å². The van der Waals surface area contributed by atoms with Gasteiger partial charge in [0.15, 0.2) is 0 Å². The van der Waals surface area contributed by atoms with Gasteiger partial charge in [-0.2, -0.15) is 0 Å². The minimum Gasteiger partial charge on any atom is -0.508 e. The third kappa shape index (κ3) is 2.99. The predicted octanol–water partition coefficient (Wildman–Crippen LogP) is 4.08. The first-order chi connectivity index (χ1) is 9.49. The normalized spacial score (nSPS) is 10.6. The monoisotopic (exact) mass is 269 g/mol. The molecule has 2 aromatic rings. The summed E-state index contributed by atoms with van der Waals surface area (Å²) in [6, 6.07) is 12.8. The van der Waals surface area contributed by atoms with E-state index in [2.05, 4.69) is 19.2 Å². The summed E-state index contributed by atoms with van der Waals surface area (Å²) >= 11 is 0. The number of aromatic hydroxyl groups is 1. The van der Waals surface area contributed by atoms with E-state index in [9.17, 15) is 9.90 Å². The van der Waals surface area contributed by atoms with E-state index in [1.807, 2.05) is 24.3 Å². The van der Waals surface area contributed by atoms with Gasteiger partial charge >= 0.3 is 0 Å². The Morgan fingerprint density at radius 1 is 1.15 bits per heavy atom. The van der Waals surface area contributed by atoms with E-state index >= 15 is 0 Å². The maximum absolute atomic E-state index is 12.2. The molecule has 0 saturated carbocycles. The summed E-state index contributed by atoms with van der Waals surface area (Å²) in [5.74, 6) is 0.335. The van der Waals surface area contributed by atoms with Crippen LogP contribution in [0.3, 0.4) is 0 Å². The number of hydrogen-bond donors (Lipinski definition) is 2. The van der Waals surface area contributed by atoms with Gasteiger partial charge in [0.1, 0.15) is 5.75 Å². The van der Waals surface area contributed by atoms with E-state index in [1.165, 1.54) is 5.56 Å². The lowest BCUT2D eigenvalue weighted by atomic mass is 10.0. The maximum atomic E-state index is 12.2. The molecule has 0 atom stereocenters. The molecule has 0 saturated heterocycles. The van der Waals surface area contributed by atoms with E-state index in [-0.39, 0.29) is 11.7 Å². The molecule has 0 aromatic heterocycles. The fourth-order valence-corrected chi connectivity index (χ4v) is 2.04. The Morgan fingerprint density at radius 3 is 2.55 bits per heavy atom. The summed E-state index contributed by atoms with van der Waals surface area (Å²) in [7, 11) is 0. The number of anilines is 1. The quantitative estimate of drug-likeness (QED) is 0.882. The average Bonchev–Trinajstić information content (AvgIpc) is 2.42. The van der Waals surface area contributed by atoms with Crippen molar-refractivity contribution in [3.05, 3.63) is 59.2 Å². The highest BCUT2D eigenvalue weighted by Crippen LogP contribution is 2.22. The van der Waals surface area contributed by atoms with Gasteiger partial charge in [0.2, 0.25) is 0 Å². The molecule has 2 N–H and O–H groups in total. The highest BCUT2D eigenvalue weighted by Gasteiger charge is 2.11. The topological polar surface area (TPSA) is 49.3 Å². The molecular weight excluding hydrogens is 250 g/mol. The van der Waals surface area contributed by atoms with Crippen LogP contribution in [0.25, 0.3) is 0 Å². The van der Waals surface area contributed by atoms with Crippen LogP contribution >= 0.6 is 0 Å². The van der Waals surface area contributed by atoms with Crippen molar-refractivity contribution in [3.8, 4) is 5.75 Å². The minimum atomic E-state index is -0.209. The van der Waals surface area contributed by atoms with Crippen molar-refractivity contribution >= 4 is 11.6 Å². The average molecular weight is 269 g/mol. The molecule has 0 unspecified atom stereocenters. The molecule has 1 amide bonds. The maximum Gasteiger partial charge on any atom is 0.256 e. The van der Waals surface area contributed by atoms with Crippen LogP contribution in [0.4, 0.5) is 5.69 Å².